The van der Waals surface area contributed by atoms with Crippen molar-refractivity contribution >= 4 is 17.1 Å². The van der Waals surface area contributed by atoms with Crippen molar-refractivity contribution in [3.63, 3.8) is 0 Å². The molecule has 0 fully saturated rings. The first-order valence-electron chi connectivity index (χ1n) is 3.85. The van der Waals surface area contributed by atoms with Gasteiger partial charge in [0, 0.05) is 10.8 Å². The molecule has 0 radical (unpaired) electrons. The lowest BCUT2D eigenvalue weighted by Gasteiger charge is -2.01. The predicted molar refractivity (Wildman–Crippen MR) is 48.8 cm³/mol. The smallest absolute Gasteiger partial charge is 0.169 e. The quantitative estimate of drug-likeness (QED) is 0.668. The molecule has 1 N–H and O–H groups in total. The molecule has 1 aromatic heterocycles. The van der Waals surface area contributed by atoms with Crippen LogP contribution in [0.3, 0.4) is 0 Å². The zero-order chi connectivity index (χ0) is 9.26. The van der Waals surface area contributed by atoms with Gasteiger partial charge < -0.3 is 5.11 Å². The van der Waals surface area contributed by atoms with Crippen LogP contribution in [0.1, 0.15) is 10.5 Å². The molecule has 0 spiro atoms. The number of rotatable bonds is 1. The van der Waals surface area contributed by atoms with Crippen LogP contribution in [0.15, 0.2) is 30.5 Å². The number of benzene rings is 1. The van der Waals surface area contributed by atoms with E-state index in [4.69, 9.17) is 0 Å². The third-order valence-electron chi connectivity index (χ3n) is 1.92. The highest BCUT2D eigenvalue weighted by Crippen LogP contribution is 2.24. The van der Waals surface area contributed by atoms with Gasteiger partial charge in [0.2, 0.25) is 0 Å². The summed E-state index contributed by atoms with van der Waals surface area (Å²) in [5, 5.41) is 10.7. The molecular weight excluding hydrogens is 166 g/mol. The molecule has 2 rings (SSSR count). The molecule has 13 heavy (non-hydrogen) atoms. The second kappa shape index (κ2) is 2.86. The molecule has 1 heterocycles. The summed E-state index contributed by atoms with van der Waals surface area (Å²) in [5.74, 6) is 0.0983. The van der Waals surface area contributed by atoms with Crippen molar-refractivity contribution < 1.29 is 9.90 Å². The van der Waals surface area contributed by atoms with Crippen LogP contribution >= 0.6 is 0 Å². The summed E-state index contributed by atoms with van der Waals surface area (Å²) in [4.78, 5) is 14.4. The standard InChI is InChI=1S/C10H7NO2/c12-6-9-7-3-1-2-4-8(7)10(13)5-11-9/h1-6,13H. The molecule has 0 aliphatic rings. The molecule has 3 nitrogen and oxygen atoms in total. The fourth-order valence-corrected chi connectivity index (χ4v) is 1.29. The number of aldehydes is 1. The lowest BCUT2D eigenvalue weighted by Crippen LogP contribution is -1.88. The largest absolute Gasteiger partial charge is 0.506 e. The van der Waals surface area contributed by atoms with Crippen LogP contribution in [-0.2, 0) is 0 Å². The average Bonchev–Trinajstić information content (AvgIpc) is 2.19. The normalized spacial score (nSPS) is 10.2. The minimum atomic E-state index is 0.0983. The van der Waals surface area contributed by atoms with E-state index in [0.717, 1.165) is 0 Å². The Kier molecular flexibility index (Phi) is 1.70. The van der Waals surface area contributed by atoms with Crippen LogP contribution in [0, 0.1) is 0 Å². The van der Waals surface area contributed by atoms with Crippen LogP contribution in [0.5, 0.6) is 5.75 Å². The number of carbonyl (C=O) groups is 1. The summed E-state index contributed by atoms with van der Waals surface area (Å²) >= 11 is 0. The maximum atomic E-state index is 10.6. The number of hydrogen-bond acceptors (Lipinski definition) is 3. The summed E-state index contributed by atoms with van der Waals surface area (Å²) in [7, 11) is 0. The van der Waals surface area contributed by atoms with E-state index in [2.05, 4.69) is 4.98 Å². The predicted octanol–water partition coefficient (Wildman–Crippen LogP) is 1.75. The molecule has 0 aliphatic heterocycles. The Balaban J connectivity index is 2.92. The Bertz CT molecular complexity index is 465. The number of hydrogen-bond donors (Lipinski definition) is 1. The Morgan fingerprint density at radius 2 is 1.92 bits per heavy atom. The highest BCUT2D eigenvalue weighted by molar-refractivity contribution is 5.98. The van der Waals surface area contributed by atoms with Crippen molar-refractivity contribution in [2.75, 3.05) is 0 Å². The first kappa shape index (κ1) is 7.73. The average molecular weight is 173 g/mol. The maximum absolute atomic E-state index is 10.6. The number of pyridine rings is 1. The summed E-state index contributed by atoms with van der Waals surface area (Å²) in [6.45, 7) is 0. The van der Waals surface area contributed by atoms with E-state index in [0.29, 0.717) is 22.8 Å². The SMILES string of the molecule is O=Cc1ncc(O)c2ccccc12. The number of fused-ring (bicyclic) bond motifs is 1. The van der Waals surface area contributed by atoms with Crippen molar-refractivity contribution in [3.05, 3.63) is 36.2 Å². The molecular formula is C10H7NO2. The number of aromatic hydroxyl groups is 1. The maximum Gasteiger partial charge on any atom is 0.169 e. The van der Waals surface area contributed by atoms with Crippen LogP contribution in [0.2, 0.25) is 0 Å². The highest BCUT2D eigenvalue weighted by atomic mass is 16.3. The molecule has 1 aromatic carbocycles. The van der Waals surface area contributed by atoms with Crippen molar-refractivity contribution in [1.82, 2.24) is 4.98 Å². The van der Waals surface area contributed by atoms with Gasteiger partial charge in [-0.15, -0.1) is 0 Å². The number of aromatic nitrogens is 1. The Morgan fingerprint density at radius 3 is 2.62 bits per heavy atom. The van der Waals surface area contributed by atoms with Gasteiger partial charge in [0.15, 0.2) is 6.29 Å². The van der Waals surface area contributed by atoms with E-state index in [9.17, 15) is 9.90 Å². The van der Waals surface area contributed by atoms with E-state index >= 15 is 0 Å². The van der Waals surface area contributed by atoms with E-state index in [1.54, 1.807) is 24.3 Å². The molecule has 0 saturated carbocycles. The van der Waals surface area contributed by atoms with Crippen LogP contribution in [-0.4, -0.2) is 16.4 Å². The fraction of sp³-hybridized carbons (Fsp3) is 0. The van der Waals surface area contributed by atoms with Gasteiger partial charge in [-0.25, -0.2) is 4.98 Å². The van der Waals surface area contributed by atoms with Crippen LogP contribution < -0.4 is 0 Å². The monoisotopic (exact) mass is 173 g/mol. The van der Waals surface area contributed by atoms with Gasteiger partial charge in [-0.1, -0.05) is 24.3 Å². The van der Waals surface area contributed by atoms with Crippen molar-refractivity contribution in [3.8, 4) is 5.75 Å². The highest BCUT2D eigenvalue weighted by Gasteiger charge is 2.03. The van der Waals surface area contributed by atoms with Gasteiger partial charge in [-0.3, -0.25) is 4.79 Å². The van der Waals surface area contributed by atoms with Crippen LogP contribution in [0.4, 0.5) is 0 Å². The Hall–Kier alpha value is -1.90. The first-order valence-corrected chi connectivity index (χ1v) is 3.85. The van der Waals surface area contributed by atoms with Gasteiger partial charge in [-0.2, -0.15) is 0 Å². The van der Waals surface area contributed by atoms with E-state index in [-0.39, 0.29) is 5.75 Å². The molecule has 0 amide bonds. The fourth-order valence-electron chi connectivity index (χ4n) is 1.29. The summed E-state index contributed by atoms with van der Waals surface area (Å²) < 4.78 is 0. The minimum Gasteiger partial charge on any atom is -0.506 e. The Morgan fingerprint density at radius 1 is 1.23 bits per heavy atom. The molecule has 2 aromatic rings. The molecule has 0 atom stereocenters. The Labute approximate surface area is 74.7 Å². The second-order valence-corrected chi connectivity index (χ2v) is 2.69. The second-order valence-electron chi connectivity index (χ2n) is 2.69. The summed E-state index contributed by atoms with van der Waals surface area (Å²) in [5.41, 5.74) is 0.355. The van der Waals surface area contributed by atoms with E-state index < -0.39 is 0 Å². The van der Waals surface area contributed by atoms with Crippen molar-refractivity contribution in [2.24, 2.45) is 0 Å². The third-order valence-corrected chi connectivity index (χ3v) is 1.92. The topological polar surface area (TPSA) is 50.2 Å². The summed E-state index contributed by atoms with van der Waals surface area (Å²) in [6.07, 6.45) is 1.97. The molecule has 0 saturated heterocycles. The van der Waals surface area contributed by atoms with Gasteiger partial charge >= 0.3 is 0 Å². The van der Waals surface area contributed by atoms with Crippen molar-refractivity contribution in [2.45, 2.75) is 0 Å². The molecule has 0 unspecified atom stereocenters. The van der Waals surface area contributed by atoms with Gasteiger partial charge in [0.1, 0.15) is 11.4 Å². The molecule has 0 aliphatic carbocycles. The van der Waals surface area contributed by atoms with Gasteiger partial charge in [0.05, 0.1) is 6.20 Å². The molecule has 64 valence electrons. The number of nitrogens with zero attached hydrogens (tertiary/aromatic N) is 1. The van der Waals surface area contributed by atoms with Gasteiger partial charge in [0.25, 0.3) is 0 Å². The lowest BCUT2D eigenvalue weighted by molar-refractivity contribution is 0.112. The zero-order valence-electron chi connectivity index (χ0n) is 6.77. The zero-order valence-corrected chi connectivity index (χ0v) is 6.77. The third kappa shape index (κ3) is 1.14. The molecule has 3 heteroatoms. The lowest BCUT2D eigenvalue weighted by atomic mass is 10.1. The summed E-state index contributed by atoms with van der Waals surface area (Å²) in [6, 6.07) is 7.11. The van der Waals surface area contributed by atoms with Crippen molar-refractivity contribution in [1.29, 1.82) is 0 Å². The number of carbonyl (C=O) groups excluding carboxylic acids is 1. The van der Waals surface area contributed by atoms with E-state index in [1.807, 2.05) is 0 Å². The molecule has 0 bridgehead atoms. The van der Waals surface area contributed by atoms with Gasteiger partial charge in [-0.05, 0) is 0 Å². The van der Waals surface area contributed by atoms with Crippen LogP contribution in [0.25, 0.3) is 10.8 Å². The minimum absolute atomic E-state index is 0.0983. The van der Waals surface area contributed by atoms with E-state index in [1.165, 1.54) is 6.20 Å². The first-order chi connectivity index (χ1) is 6.33.